The predicted molar refractivity (Wildman–Crippen MR) is 99.8 cm³/mol. The van der Waals surface area contributed by atoms with Crippen LogP contribution in [0.5, 0.6) is 0 Å². The second-order valence-electron chi connectivity index (χ2n) is 5.87. The summed E-state index contributed by atoms with van der Waals surface area (Å²) in [5.41, 5.74) is 5.96. The van der Waals surface area contributed by atoms with Crippen molar-refractivity contribution in [3.05, 3.63) is 105 Å². The fraction of sp³-hybridized carbons (Fsp3) is 0.143. The van der Waals surface area contributed by atoms with Crippen LogP contribution in [0, 0.1) is 13.8 Å². The molecule has 116 valence electrons. The van der Waals surface area contributed by atoms with Crippen molar-refractivity contribution in [3.63, 3.8) is 0 Å². The second kappa shape index (κ2) is 6.78. The summed E-state index contributed by atoms with van der Waals surface area (Å²) in [5, 5.41) is 1.52. The molecule has 0 aliphatic carbocycles. The van der Waals surface area contributed by atoms with E-state index in [-0.39, 0.29) is 5.92 Å². The first-order valence-corrected chi connectivity index (χ1v) is 8.39. The largest absolute Gasteiger partial charge is 0.0843 e. The Morgan fingerprint density at radius 2 is 1.43 bits per heavy atom. The molecular weight excluding hydrogens is 323 g/mol. The van der Waals surface area contributed by atoms with E-state index in [1.165, 1.54) is 22.3 Å². The lowest BCUT2D eigenvalue weighted by Crippen LogP contribution is -2.06. The maximum absolute atomic E-state index is 6.51. The quantitative estimate of drug-likeness (QED) is 0.460. The molecule has 0 heterocycles. The zero-order valence-electron chi connectivity index (χ0n) is 13.2. The van der Waals surface area contributed by atoms with Gasteiger partial charge in [-0.15, -0.1) is 0 Å². The lowest BCUT2D eigenvalue weighted by atomic mass is 9.83. The Labute approximate surface area is 147 Å². The molecule has 0 saturated carbocycles. The molecule has 3 rings (SSSR count). The van der Waals surface area contributed by atoms with Crippen molar-refractivity contribution in [2.24, 2.45) is 0 Å². The lowest BCUT2D eigenvalue weighted by molar-refractivity contribution is 0.962. The average molecular weight is 341 g/mol. The topological polar surface area (TPSA) is 0 Å². The third-order valence-corrected chi connectivity index (χ3v) is 4.76. The van der Waals surface area contributed by atoms with E-state index in [1.807, 2.05) is 30.3 Å². The highest BCUT2D eigenvalue weighted by Crippen LogP contribution is 2.38. The van der Waals surface area contributed by atoms with Gasteiger partial charge in [-0.05, 0) is 54.3 Å². The molecule has 3 aromatic carbocycles. The summed E-state index contributed by atoms with van der Waals surface area (Å²) >= 11 is 12.8. The minimum Gasteiger partial charge on any atom is -0.0843 e. The highest BCUT2D eigenvalue weighted by molar-refractivity contribution is 6.31. The minimum atomic E-state index is 0.0722. The van der Waals surface area contributed by atoms with Crippen LogP contribution in [0.1, 0.15) is 33.7 Å². The van der Waals surface area contributed by atoms with E-state index in [4.69, 9.17) is 23.2 Å². The van der Waals surface area contributed by atoms with Gasteiger partial charge in [0, 0.05) is 16.0 Å². The maximum Gasteiger partial charge on any atom is 0.0447 e. The molecule has 3 aromatic rings. The SMILES string of the molecule is Cc1ccc(C(c2cc(Cl)ccc2C)c2ccccc2Cl)cc1. The number of hydrogen-bond donors (Lipinski definition) is 0. The van der Waals surface area contributed by atoms with E-state index < -0.39 is 0 Å². The van der Waals surface area contributed by atoms with Gasteiger partial charge in [-0.25, -0.2) is 0 Å². The van der Waals surface area contributed by atoms with Gasteiger partial charge in [-0.2, -0.15) is 0 Å². The Balaban J connectivity index is 2.24. The Morgan fingerprint density at radius 1 is 0.739 bits per heavy atom. The molecular formula is C21H18Cl2. The molecule has 0 spiro atoms. The lowest BCUT2D eigenvalue weighted by Gasteiger charge is -2.22. The summed E-state index contributed by atoms with van der Waals surface area (Å²) in [5.74, 6) is 0.0722. The van der Waals surface area contributed by atoms with Crippen LogP contribution in [0.3, 0.4) is 0 Å². The van der Waals surface area contributed by atoms with Crippen LogP contribution in [-0.4, -0.2) is 0 Å². The first kappa shape index (κ1) is 16.1. The van der Waals surface area contributed by atoms with Crippen LogP contribution in [-0.2, 0) is 0 Å². The molecule has 0 amide bonds. The third-order valence-electron chi connectivity index (χ3n) is 4.18. The van der Waals surface area contributed by atoms with E-state index >= 15 is 0 Å². The second-order valence-corrected chi connectivity index (χ2v) is 6.71. The molecule has 0 aliphatic heterocycles. The van der Waals surface area contributed by atoms with Crippen LogP contribution in [0.2, 0.25) is 10.0 Å². The van der Waals surface area contributed by atoms with Gasteiger partial charge in [0.25, 0.3) is 0 Å². The third kappa shape index (κ3) is 3.44. The Kier molecular flexibility index (Phi) is 4.75. The zero-order valence-corrected chi connectivity index (χ0v) is 14.7. The van der Waals surface area contributed by atoms with Crippen LogP contribution in [0.15, 0.2) is 66.7 Å². The molecule has 0 aliphatic rings. The summed E-state index contributed by atoms with van der Waals surface area (Å²) in [6, 6.07) is 22.7. The van der Waals surface area contributed by atoms with Crippen molar-refractivity contribution in [1.29, 1.82) is 0 Å². The van der Waals surface area contributed by atoms with Crippen molar-refractivity contribution in [2.75, 3.05) is 0 Å². The molecule has 1 atom stereocenters. The molecule has 0 nitrogen and oxygen atoms in total. The van der Waals surface area contributed by atoms with Gasteiger partial charge >= 0.3 is 0 Å². The van der Waals surface area contributed by atoms with E-state index in [1.54, 1.807) is 0 Å². The zero-order chi connectivity index (χ0) is 16.4. The van der Waals surface area contributed by atoms with E-state index in [2.05, 4.69) is 50.2 Å². The molecule has 1 unspecified atom stereocenters. The van der Waals surface area contributed by atoms with Crippen molar-refractivity contribution in [3.8, 4) is 0 Å². The van der Waals surface area contributed by atoms with Gasteiger partial charge in [0.1, 0.15) is 0 Å². The molecule has 23 heavy (non-hydrogen) atoms. The standard InChI is InChI=1S/C21H18Cl2/c1-14-7-10-16(11-8-14)21(18-5-3-4-6-20(18)23)19-13-17(22)12-9-15(19)2/h3-13,21H,1-2H3. The van der Waals surface area contributed by atoms with Gasteiger partial charge in [-0.3, -0.25) is 0 Å². The Bertz CT molecular complexity index is 820. The first-order valence-electron chi connectivity index (χ1n) is 7.63. The van der Waals surface area contributed by atoms with Crippen molar-refractivity contribution in [1.82, 2.24) is 0 Å². The summed E-state index contributed by atoms with van der Waals surface area (Å²) in [6.45, 7) is 4.21. The fourth-order valence-corrected chi connectivity index (χ4v) is 3.34. The predicted octanol–water partition coefficient (Wildman–Crippen LogP) is 6.79. The van der Waals surface area contributed by atoms with Crippen LogP contribution < -0.4 is 0 Å². The monoisotopic (exact) mass is 340 g/mol. The summed E-state index contributed by atoms with van der Waals surface area (Å²) in [6.07, 6.45) is 0. The Hall–Kier alpha value is -1.76. The molecule has 0 aromatic heterocycles. The highest BCUT2D eigenvalue weighted by atomic mass is 35.5. The molecule has 0 saturated heterocycles. The molecule has 0 N–H and O–H groups in total. The average Bonchev–Trinajstić information content (AvgIpc) is 2.54. The number of hydrogen-bond acceptors (Lipinski definition) is 0. The van der Waals surface area contributed by atoms with Gasteiger partial charge in [0.05, 0.1) is 0 Å². The molecule has 0 radical (unpaired) electrons. The smallest absolute Gasteiger partial charge is 0.0447 e. The summed E-state index contributed by atoms with van der Waals surface area (Å²) in [4.78, 5) is 0. The molecule has 2 heteroatoms. The molecule has 0 fully saturated rings. The van der Waals surface area contributed by atoms with Gasteiger partial charge < -0.3 is 0 Å². The number of benzene rings is 3. The minimum absolute atomic E-state index is 0.0722. The van der Waals surface area contributed by atoms with Crippen LogP contribution >= 0.6 is 23.2 Å². The number of halogens is 2. The number of aryl methyl sites for hydroxylation is 2. The number of rotatable bonds is 3. The van der Waals surface area contributed by atoms with Crippen LogP contribution in [0.25, 0.3) is 0 Å². The van der Waals surface area contributed by atoms with Crippen molar-refractivity contribution >= 4 is 23.2 Å². The van der Waals surface area contributed by atoms with Crippen LogP contribution in [0.4, 0.5) is 0 Å². The van der Waals surface area contributed by atoms with Gasteiger partial charge in [0.15, 0.2) is 0 Å². The fourth-order valence-electron chi connectivity index (χ4n) is 2.92. The highest BCUT2D eigenvalue weighted by Gasteiger charge is 2.21. The van der Waals surface area contributed by atoms with Gasteiger partial charge in [-0.1, -0.05) is 77.3 Å². The van der Waals surface area contributed by atoms with E-state index in [0.29, 0.717) is 0 Å². The summed E-state index contributed by atoms with van der Waals surface area (Å²) in [7, 11) is 0. The molecule has 0 bridgehead atoms. The van der Waals surface area contributed by atoms with Crippen molar-refractivity contribution in [2.45, 2.75) is 19.8 Å². The summed E-state index contributed by atoms with van der Waals surface area (Å²) < 4.78 is 0. The van der Waals surface area contributed by atoms with Crippen molar-refractivity contribution < 1.29 is 0 Å². The van der Waals surface area contributed by atoms with E-state index in [9.17, 15) is 0 Å². The first-order chi connectivity index (χ1) is 11.1. The maximum atomic E-state index is 6.51. The normalized spacial score (nSPS) is 12.2. The van der Waals surface area contributed by atoms with Gasteiger partial charge in [0.2, 0.25) is 0 Å². The van der Waals surface area contributed by atoms with E-state index in [0.717, 1.165) is 15.6 Å². The Morgan fingerprint density at radius 3 is 2.13 bits per heavy atom.